The molecule has 2 aliphatic rings. The van der Waals surface area contributed by atoms with Gasteiger partial charge in [-0.2, -0.15) is 0 Å². The normalized spacial score (nSPS) is 18.2. The quantitative estimate of drug-likeness (QED) is 0.336. The summed E-state index contributed by atoms with van der Waals surface area (Å²) in [6.45, 7) is 5.72. The number of carboxylic acids is 1. The van der Waals surface area contributed by atoms with Gasteiger partial charge in [0.05, 0.1) is 6.54 Å². The van der Waals surface area contributed by atoms with Gasteiger partial charge in [0.15, 0.2) is 0 Å². The maximum Gasteiger partial charge on any atom is 0.410 e. The van der Waals surface area contributed by atoms with Crippen LogP contribution in [0, 0.1) is 0 Å². The molecule has 0 radical (unpaired) electrons. The summed E-state index contributed by atoms with van der Waals surface area (Å²) in [4.78, 5) is 38.9. The first-order valence-electron chi connectivity index (χ1n) is 14.0. The number of aromatic carboxylic acids is 1. The van der Waals surface area contributed by atoms with Crippen molar-refractivity contribution >= 4 is 18.2 Å². The van der Waals surface area contributed by atoms with Crippen molar-refractivity contribution in [2.75, 3.05) is 6.61 Å². The molecule has 1 heterocycles. The Bertz CT molecular complexity index is 1370. The molecule has 2 N–H and O–H groups in total. The predicted molar refractivity (Wildman–Crippen MR) is 152 cm³/mol. The molecule has 0 saturated heterocycles. The molecule has 1 saturated carbocycles. The zero-order valence-corrected chi connectivity index (χ0v) is 23.6. The molecule has 1 aromatic heterocycles. The van der Waals surface area contributed by atoms with Gasteiger partial charge in [0.2, 0.25) is 5.76 Å². The summed E-state index contributed by atoms with van der Waals surface area (Å²) in [6, 6.07) is 19.0. The molecule has 0 spiro atoms. The first-order chi connectivity index (χ1) is 19.6. The molecule has 216 valence electrons. The van der Waals surface area contributed by atoms with Gasteiger partial charge >= 0.3 is 18.2 Å². The maximum absolute atomic E-state index is 13.6. The fourth-order valence-electron chi connectivity index (χ4n) is 5.77. The zero-order chi connectivity index (χ0) is 29.1. The van der Waals surface area contributed by atoms with Crippen LogP contribution in [-0.2, 0) is 16.0 Å². The summed E-state index contributed by atoms with van der Waals surface area (Å²) in [6.07, 6.45) is 1.66. The lowest BCUT2D eigenvalue weighted by Crippen LogP contribution is -2.47. The van der Waals surface area contributed by atoms with E-state index in [0.717, 1.165) is 22.3 Å². The number of carbonyl (C=O) groups is 3. The van der Waals surface area contributed by atoms with E-state index in [-0.39, 0.29) is 36.9 Å². The molecule has 0 bridgehead atoms. The molecule has 2 amide bonds. The van der Waals surface area contributed by atoms with Crippen LogP contribution in [0.25, 0.3) is 11.1 Å². The lowest BCUT2D eigenvalue weighted by Gasteiger charge is -2.36. The number of fused-ring (bicyclic) bond motifs is 3. The molecule has 0 aliphatic heterocycles. The van der Waals surface area contributed by atoms with E-state index in [1.807, 2.05) is 45.0 Å². The van der Waals surface area contributed by atoms with Gasteiger partial charge in [-0.05, 0) is 80.8 Å². The molecule has 0 unspecified atom stereocenters. The van der Waals surface area contributed by atoms with Crippen LogP contribution in [0.4, 0.5) is 9.59 Å². The van der Waals surface area contributed by atoms with E-state index >= 15 is 0 Å². The third-order valence-corrected chi connectivity index (χ3v) is 7.63. The van der Waals surface area contributed by atoms with E-state index in [1.165, 1.54) is 6.07 Å². The lowest BCUT2D eigenvalue weighted by atomic mass is 9.90. The van der Waals surface area contributed by atoms with Crippen LogP contribution in [-0.4, -0.2) is 52.5 Å². The van der Waals surface area contributed by atoms with E-state index in [9.17, 15) is 19.5 Å². The Hall–Kier alpha value is -4.27. The van der Waals surface area contributed by atoms with Gasteiger partial charge in [0, 0.05) is 18.0 Å². The standard InChI is InChI=1S/C32H36N2O7/c1-32(2,3)41-30(37)33-20-12-14-21(15-13-20)34(18-22-16-17-28(40-22)29(35)36)31(38)39-19-27-25-10-6-4-8-23(25)24-9-5-7-11-26(24)27/h4-11,16-17,20-21,27H,12-15,18-19H2,1-3H3,(H,33,37)(H,35,36). The average Bonchev–Trinajstić information content (AvgIpc) is 3.53. The van der Waals surface area contributed by atoms with Crippen molar-refractivity contribution in [3.05, 3.63) is 83.3 Å². The van der Waals surface area contributed by atoms with Crippen LogP contribution in [0.15, 0.2) is 65.1 Å². The highest BCUT2D eigenvalue weighted by Gasteiger charge is 2.34. The van der Waals surface area contributed by atoms with Gasteiger partial charge < -0.3 is 24.3 Å². The topological polar surface area (TPSA) is 118 Å². The Morgan fingerprint density at radius 2 is 1.54 bits per heavy atom. The second-order valence-corrected chi connectivity index (χ2v) is 11.7. The lowest BCUT2D eigenvalue weighted by molar-refractivity contribution is 0.0447. The molecule has 9 heteroatoms. The summed E-state index contributed by atoms with van der Waals surface area (Å²) in [5, 5.41) is 12.2. The highest BCUT2D eigenvalue weighted by Crippen LogP contribution is 2.44. The smallest absolute Gasteiger partial charge is 0.410 e. The van der Waals surface area contributed by atoms with Gasteiger partial charge in [-0.15, -0.1) is 0 Å². The minimum Gasteiger partial charge on any atom is -0.475 e. The Morgan fingerprint density at radius 1 is 0.927 bits per heavy atom. The van der Waals surface area contributed by atoms with Crippen LogP contribution >= 0.6 is 0 Å². The number of furan rings is 1. The predicted octanol–water partition coefficient (Wildman–Crippen LogP) is 6.56. The maximum atomic E-state index is 13.6. The van der Waals surface area contributed by atoms with Crippen LogP contribution < -0.4 is 5.32 Å². The number of hydrogen-bond acceptors (Lipinski definition) is 6. The number of rotatable bonds is 7. The average molecular weight is 561 g/mol. The second-order valence-electron chi connectivity index (χ2n) is 11.7. The molecule has 9 nitrogen and oxygen atoms in total. The van der Waals surface area contributed by atoms with Crippen molar-refractivity contribution in [2.24, 2.45) is 0 Å². The third kappa shape index (κ3) is 6.56. The van der Waals surface area contributed by atoms with Gasteiger partial charge in [0.25, 0.3) is 0 Å². The fourth-order valence-corrected chi connectivity index (χ4v) is 5.77. The third-order valence-electron chi connectivity index (χ3n) is 7.63. The molecule has 2 aromatic carbocycles. The number of carboxylic acid groups (broad SMARTS) is 1. The minimum atomic E-state index is -1.17. The molecule has 5 rings (SSSR count). The minimum absolute atomic E-state index is 0.0623. The van der Waals surface area contributed by atoms with E-state index in [0.29, 0.717) is 31.4 Å². The number of nitrogens with zero attached hydrogens (tertiary/aromatic N) is 1. The number of nitrogens with one attached hydrogen (secondary N) is 1. The Labute approximate surface area is 239 Å². The molecule has 1 fully saturated rings. The number of alkyl carbamates (subject to hydrolysis) is 1. The SMILES string of the molecule is CC(C)(C)OC(=O)NC1CCC(N(Cc2ccc(C(=O)O)o2)C(=O)OCC2c3ccccc3-c3ccccc32)CC1. The summed E-state index contributed by atoms with van der Waals surface area (Å²) >= 11 is 0. The van der Waals surface area contributed by atoms with Gasteiger partial charge in [-0.3, -0.25) is 4.90 Å². The number of carbonyl (C=O) groups excluding carboxylic acids is 2. The highest BCUT2D eigenvalue weighted by molar-refractivity contribution is 5.84. The van der Waals surface area contributed by atoms with Crippen molar-refractivity contribution in [1.82, 2.24) is 10.2 Å². The Morgan fingerprint density at radius 3 is 2.10 bits per heavy atom. The van der Waals surface area contributed by atoms with Crippen LogP contribution in [0.1, 0.15) is 79.8 Å². The van der Waals surface area contributed by atoms with E-state index in [4.69, 9.17) is 13.9 Å². The van der Waals surface area contributed by atoms with E-state index < -0.39 is 23.8 Å². The summed E-state index contributed by atoms with van der Waals surface area (Å²) in [5.41, 5.74) is 3.96. The number of benzene rings is 2. The number of hydrogen-bond donors (Lipinski definition) is 2. The molecule has 2 aliphatic carbocycles. The molecule has 41 heavy (non-hydrogen) atoms. The highest BCUT2D eigenvalue weighted by atomic mass is 16.6. The van der Waals surface area contributed by atoms with Crippen molar-refractivity contribution in [3.8, 4) is 11.1 Å². The molecule has 3 aromatic rings. The fraction of sp³-hybridized carbons (Fsp3) is 0.406. The second kappa shape index (κ2) is 11.7. The first kappa shape index (κ1) is 28.3. The van der Waals surface area contributed by atoms with Crippen LogP contribution in [0.2, 0.25) is 0 Å². The molecular formula is C32H36N2O7. The van der Waals surface area contributed by atoms with E-state index in [1.54, 1.807) is 11.0 Å². The van der Waals surface area contributed by atoms with Crippen molar-refractivity contribution in [2.45, 2.75) is 76.6 Å². The van der Waals surface area contributed by atoms with Crippen LogP contribution in [0.3, 0.4) is 0 Å². The number of ether oxygens (including phenoxy) is 2. The molecule has 0 atom stereocenters. The largest absolute Gasteiger partial charge is 0.475 e. The van der Waals surface area contributed by atoms with Crippen LogP contribution in [0.5, 0.6) is 0 Å². The first-order valence-corrected chi connectivity index (χ1v) is 14.0. The molecular weight excluding hydrogens is 524 g/mol. The number of amides is 2. The zero-order valence-electron chi connectivity index (χ0n) is 23.6. The van der Waals surface area contributed by atoms with Crippen molar-refractivity contribution in [3.63, 3.8) is 0 Å². The van der Waals surface area contributed by atoms with Gasteiger partial charge in [-0.1, -0.05) is 48.5 Å². The van der Waals surface area contributed by atoms with Gasteiger partial charge in [0.1, 0.15) is 18.0 Å². The summed E-state index contributed by atoms with van der Waals surface area (Å²) < 4.78 is 16.8. The Kier molecular flexibility index (Phi) is 8.06. The van der Waals surface area contributed by atoms with E-state index in [2.05, 4.69) is 29.6 Å². The summed E-state index contributed by atoms with van der Waals surface area (Å²) in [5.74, 6) is -1.07. The van der Waals surface area contributed by atoms with Gasteiger partial charge in [-0.25, -0.2) is 14.4 Å². The Balaban J connectivity index is 1.28. The van der Waals surface area contributed by atoms with Crippen molar-refractivity contribution < 1.29 is 33.4 Å². The monoisotopic (exact) mass is 560 g/mol. The summed E-state index contributed by atoms with van der Waals surface area (Å²) in [7, 11) is 0. The van der Waals surface area contributed by atoms with Crippen molar-refractivity contribution in [1.29, 1.82) is 0 Å².